The van der Waals surface area contributed by atoms with Crippen LogP contribution in [0, 0.1) is 0 Å². The van der Waals surface area contributed by atoms with E-state index in [-0.39, 0.29) is 17.2 Å². The normalized spacial score (nSPS) is 13.2. The van der Waals surface area contributed by atoms with Crippen molar-refractivity contribution in [2.24, 2.45) is 0 Å². The van der Waals surface area contributed by atoms with Crippen molar-refractivity contribution in [2.45, 2.75) is 19.1 Å². The first-order valence-electron chi connectivity index (χ1n) is 5.04. The molecule has 0 spiro atoms. The van der Waals surface area contributed by atoms with Gasteiger partial charge in [-0.1, -0.05) is 11.6 Å². The topological polar surface area (TPSA) is 49.3 Å². The van der Waals surface area contributed by atoms with E-state index in [9.17, 15) is 18.0 Å². The molecule has 1 rings (SSSR count). The van der Waals surface area contributed by atoms with Gasteiger partial charge in [0.05, 0.1) is 22.8 Å². The molecule has 1 aromatic rings. The molecule has 1 atom stereocenters. The van der Waals surface area contributed by atoms with E-state index in [0.717, 1.165) is 12.1 Å². The average molecular weight is 282 g/mol. The maximum Gasteiger partial charge on any atom is 0.416 e. The number of aliphatic hydroxyl groups excluding tert-OH is 1. The second-order valence-electron chi connectivity index (χ2n) is 3.75. The van der Waals surface area contributed by atoms with Gasteiger partial charge in [-0.15, -0.1) is 0 Å². The Hall–Kier alpha value is -1.27. The molecule has 2 N–H and O–H groups in total. The molecule has 0 radical (unpaired) electrons. The third kappa shape index (κ3) is 3.61. The maximum absolute atomic E-state index is 12.4. The molecular formula is C11H11ClF3NO2. The lowest BCUT2D eigenvalue weighted by Gasteiger charge is -2.13. The molecule has 0 fully saturated rings. The summed E-state index contributed by atoms with van der Waals surface area (Å²) in [7, 11) is 0. The Morgan fingerprint density at radius 2 is 2.11 bits per heavy atom. The van der Waals surface area contributed by atoms with E-state index in [2.05, 4.69) is 5.32 Å². The Balaban J connectivity index is 2.96. The van der Waals surface area contributed by atoms with E-state index in [1.54, 1.807) is 6.92 Å². The minimum Gasteiger partial charge on any atom is -0.394 e. The van der Waals surface area contributed by atoms with E-state index in [1.807, 2.05) is 0 Å². The third-order valence-corrected chi connectivity index (χ3v) is 2.51. The summed E-state index contributed by atoms with van der Waals surface area (Å²) in [6.07, 6.45) is -4.50. The van der Waals surface area contributed by atoms with Crippen molar-refractivity contribution in [3.63, 3.8) is 0 Å². The van der Waals surface area contributed by atoms with Crippen LogP contribution < -0.4 is 5.32 Å². The van der Waals surface area contributed by atoms with Crippen molar-refractivity contribution >= 4 is 17.5 Å². The Kier molecular flexibility index (Phi) is 4.59. The quantitative estimate of drug-likeness (QED) is 0.894. The van der Waals surface area contributed by atoms with Gasteiger partial charge in [-0.25, -0.2) is 0 Å². The molecule has 0 bridgehead atoms. The first kappa shape index (κ1) is 14.8. The molecule has 18 heavy (non-hydrogen) atoms. The molecular weight excluding hydrogens is 271 g/mol. The molecule has 0 saturated heterocycles. The predicted octanol–water partition coefficient (Wildman–Crippen LogP) is 2.47. The number of hydrogen-bond acceptors (Lipinski definition) is 2. The van der Waals surface area contributed by atoms with Crippen molar-refractivity contribution in [2.75, 3.05) is 6.61 Å². The second-order valence-corrected chi connectivity index (χ2v) is 4.16. The van der Waals surface area contributed by atoms with E-state index >= 15 is 0 Å². The largest absolute Gasteiger partial charge is 0.416 e. The molecule has 0 aliphatic heterocycles. The van der Waals surface area contributed by atoms with Crippen LogP contribution in [0.5, 0.6) is 0 Å². The number of halogens is 4. The first-order chi connectivity index (χ1) is 8.25. The number of carbonyl (C=O) groups is 1. The van der Waals surface area contributed by atoms with Crippen LogP contribution in [-0.2, 0) is 6.18 Å². The van der Waals surface area contributed by atoms with E-state index in [0.29, 0.717) is 6.07 Å². The monoisotopic (exact) mass is 281 g/mol. The maximum atomic E-state index is 12.4. The van der Waals surface area contributed by atoms with E-state index < -0.39 is 23.7 Å². The lowest BCUT2D eigenvalue weighted by Crippen LogP contribution is -2.35. The standard InChI is InChI=1S/C11H11ClF3NO2/c1-6(5-17)16-10(18)8-3-2-7(4-9(8)12)11(13,14)15/h2-4,6,17H,5H2,1H3,(H,16,18)/t6-/m0/s1. The Bertz CT molecular complexity index is 448. The highest BCUT2D eigenvalue weighted by molar-refractivity contribution is 6.33. The summed E-state index contributed by atoms with van der Waals surface area (Å²) in [5, 5.41) is 10.9. The van der Waals surface area contributed by atoms with Crippen LogP contribution in [0.25, 0.3) is 0 Å². The van der Waals surface area contributed by atoms with E-state index in [4.69, 9.17) is 16.7 Å². The lowest BCUT2D eigenvalue weighted by molar-refractivity contribution is -0.137. The zero-order valence-corrected chi connectivity index (χ0v) is 10.1. The van der Waals surface area contributed by atoms with Gasteiger partial charge in [0.1, 0.15) is 0 Å². The molecule has 1 amide bonds. The highest BCUT2D eigenvalue weighted by Gasteiger charge is 2.31. The minimum absolute atomic E-state index is 0.0648. The number of nitrogens with one attached hydrogen (secondary N) is 1. The van der Waals surface area contributed by atoms with Crippen LogP contribution in [0.2, 0.25) is 5.02 Å². The van der Waals surface area contributed by atoms with Crippen LogP contribution in [0.3, 0.4) is 0 Å². The van der Waals surface area contributed by atoms with Gasteiger partial charge in [-0.3, -0.25) is 4.79 Å². The number of benzene rings is 1. The SMILES string of the molecule is C[C@@H](CO)NC(=O)c1ccc(C(F)(F)F)cc1Cl. The second kappa shape index (κ2) is 5.58. The molecule has 3 nitrogen and oxygen atoms in total. The van der Waals surface area contributed by atoms with Gasteiger partial charge in [0, 0.05) is 6.04 Å². The van der Waals surface area contributed by atoms with Crippen molar-refractivity contribution in [1.29, 1.82) is 0 Å². The summed E-state index contributed by atoms with van der Waals surface area (Å²) in [5.74, 6) is -0.629. The summed E-state index contributed by atoms with van der Waals surface area (Å²) in [6.45, 7) is 1.28. The molecule has 100 valence electrons. The fourth-order valence-corrected chi connectivity index (χ4v) is 1.49. The van der Waals surface area contributed by atoms with Gasteiger partial charge in [-0.05, 0) is 25.1 Å². The van der Waals surface area contributed by atoms with Crippen LogP contribution in [0.4, 0.5) is 13.2 Å². The fraction of sp³-hybridized carbons (Fsp3) is 0.364. The van der Waals surface area contributed by atoms with Crippen LogP contribution in [0.15, 0.2) is 18.2 Å². The van der Waals surface area contributed by atoms with Gasteiger partial charge >= 0.3 is 6.18 Å². The number of carbonyl (C=O) groups excluding carboxylic acids is 1. The van der Waals surface area contributed by atoms with Crippen LogP contribution in [-0.4, -0.2) is 23.7 Å². The molecule has 0 heterocycles. The summed E-state index contributed by atoms with van der Waals surface area (Å²) in [5.41, 5.74) is -0.982. The third-order valence-electron chi connectivity index (χ3n) is 2.19. The molecule has 0 unspecified atom stereocenters. The number of rotatable bonds is 3. The molecule has 0 aliphatic carbocycles. The van der Waals surface area contributed by atoms with Crippen LogP contribution >= 0.6 is 11.6 Å². The van der Waals surface area contributed by atoms with Gasteiger partial charge in [-0.2, -0.15) is 13.2 Å². The van der Waals surface area contributed by atoms with Crippen molar-refractivity contribution < 1.29 is 23.1 Å². The highest BCUT2D eigenvalue weighted by atomic mass is 35.5. The van der Waals surface area contributed by atoms with Crippen molar-refractivity contribution in [3.8, 4) is 0 Å². The molecule has 7 heteroatoms. The predicted molar refractivity (Wildman–Crippen MR) is 60.5 cm³/mol. The number of hydrogen-bond donors (Lipinski definition) is 2. The molecule has 0 aromatic heterocycles. The van der Waals surface area contributed by atoms with Gasteiger partial charge in [0.2, 0.25) is 0 Å². The highest BCUT2D eigenvalue weighted by Crippen LogP contribution is 2.32. The molecule has 1 aromatic carbocycles. The minimum atomic E-state index is -4.50. The van der Waals surface area contributed by atoms with Crippen LogP contribution in [0.1, 0.15) is 22.8 Å². The number of amides is 1. The van der Waals surface area contributed by atoms with Gasteiger partial charge in [0.15, 0.2) is 0 Å². The summed E-state index contributed by atoms with van der Waals surface area (Å²) in [4.78, 5) is 11.6. The number of aliphatic hydroxyl groups is 1. The van der Waals surface area contributed by atoms with Crippen molar-refractivity contribution in [1.82, 2.24) is 5.32 Å². The number of alkyl halides is 3. The summed E-state index contributed by atoms with van der Waals surface area (Å²) >= 11 is 5.63. The van der Waals surface area contributed by atoms with Gasteiger partial charge in [0.25, 0.3) is 5.91 Å². The zero-order chi connectivity index (χ0) is 13.9. The Morgan fingerprint density at radius 3 is 2.56 bits per heavy atom. The first-order valence-corrected chi connectivity index (χ1v) is 5.42. The molecule has 0 aliphatic rings. The summed E-state index contributed by atoms with van der Waals surface area (Å²) < 4.78 is 37.1. The van der Waals surface area contributed by atoms with Crippen molar-refractivity contribution in [3.05, 3.63) is 34.3 Å². The average Bonchev–Trinajstić information content (AvgIpc) is 2.27. The van der Waals surface area contributed by atoms with Gasteiger partial charge < -0.3 is 10.4 Å². The summed E-state index contributed by atoms with van der Waals surface area (Å²) in [6, 6.07) is 1.98. The zero-order valence-electron chi connectivity index (χ0n) is 9.38. The Morgan fingerprint density at radius 1 is 1.50 bits per heavy atom. The fourth-order valence-electron chi connectivity index (χ4n) is 1.22. The smallest absolute Gasteiger partial charge is 0.394 e. The van der Waals surface area contributed by atoms with E-state index in [1.165, 1.54) is 0 Å². The Labute approximate surface area is 107 Å². The molecule has 0 saturated carbocycles. The lowest BCUT2D eigenvalue weighted by atomic mass is 10.1.